The molecule has 0 spiro atoms. The molecule has 0 radical (unpaired) electrons. The standard InChI is InChI=1S/C17H20BrNOS/c1-19-17(12-4-7-15(21-3)8-5-12)11-13-10-14(20-2)6-9-16(13)18/h4-10,17,19H,11H2,1-3H3. The summed E-state index contributed by atoms with van der Waals surface area (Å²) in [5, 5.41) is 3.40. The molecule has 2 rings (SSSR count). The Morgan fingerprint density at radius 1 is 1.19 bits per heavy atom. The van der Waals surface area contributed by atoms with Crippen molar-refractivity contribution in [3.8, 4) is 5.75 Å². The lowest BCUT2D eigenvalue weighted by molar-refractivity contribution is 0.414. The van der Waals surface area contributed by atoms with E-state index in [2.05, 4.69) is 57.8 Å². The Morgan fingerprint density at radius 3 is 2.48 bits per heavy atom. The number of methoxy groups -OCH3 is 1. The van der Waals surface area contributed by atoms with Gasteiger partial charge < -0.3 is 10.1 Å². The van der Waals surface area contributed by atoms with Gasteiger partial charge in [-0.3, -0.25) is 0 Å². The van der Waals surface area contributed by atoms with E-state index in [4.69, 9.17) is 4.74 Å². The summed E-state index contributed by atoms with van der Waals surface area (Å²) < 4.78 is 6.43. The van der Waals surface area contributed by atoms with Gasteiger partial charge in [0.1, 0.15) is 5.75 Å². The monoisotopic (exact) mass is 365 g/mol. The summed E-state index contributed by atoms with van der Waals surface area (Å²) in [7, 11) is 3.70. The van der Waals surface area contributed by atoms with Crippen LogP contribution in [0.1, 0.15) is 17.2 Å². The van der Waals surface area contributed by atoms with E-state index in [9.17, 15) is 0 Å². The van der Waals surface area contributed by atoms with Gasteiger partial charge in [0.2, 0.25) is 0 Å². The van der Waals surface area contributed by atoms with Gasteiger partial charge in [-0.1, -0.05) is 28.1 Å². The molecule has 1 N–H and O–H groups in total. The van der Waals surface area contributed by atoms with Gasteiger partial charge in [-0.25, -0.2) is 0 Å². The Bertz CT molecular complexity index is 586. The second kappa shape index (κ2) is 7.87. The maximum Gasteiger partial charge on any atom is 0.119 e. The van der Waals surface area contributed by atoms with Crippen LogP contribution in [0.15, 0.2) is 51.8 Å². The molecule has 0 aliphatic heterocycles. The van der Waals surface area contributed by atoms with E-state index >= 15 is 0 Å². The number of halogens is 1. The first-order valence-electron chi connectivity index (χ1n) is 6.81. The van der Waals surface area contributed by atoms with Crippen molar-refractivity contribution in [1.29, 1.82) is 0 Å². The van der Waals surface area contributed by atoms with Gasteiger partial charge in [-0.2, -0.15) is 0 Å². The molecule has 2 aromatic carbocycles. The molecular formula is C17H20BrNOS. The Morgan fingerprint density at radius 2 is 1.90 bits per heavy atom. The minimum absolute atomic E-state index is 0.282. The minimum Gasteiger partial charge on any atom is -0.497 e. The van der Waals surface area contributed by atoms with Crippen LogP contribution in [0.5, 0.6) is 5.75 Å². The lowest BCUT2D eigenvalue weighted by atomic mass is 9.99. The summed E-state index contributed by atoms with van der Waals surface area (Å²) >= 11 is 5.39. The van der Waals surface area contributed by atoms with Crippen LogP contribution in [0.4, 0.5) is 0 Å². The predicted molar refractivity (Wildman–Crippen MR) is 94.4 cm³/mol. The quantitative estimate of drug-likeness (QED) is 0.750. The molecule has 0 aromatic heterocycles. The highest BCUT2D eigenvalue weighted by Crippen LogP contribution is 2.28. The Kier molecular flexibility index (Phi) is 6.15. The van der Waals surface area contributed by atoms with Crippen molar-refractivity contribution in [2.45, 2.75) is 17.4 Å². The molecule has 4 heteroatoms. The summed E-state index contributed by atoms with van der Waals surface area (Å²) in [5.41, 5.74) is 2.53. The number of hydrogen-bond donors (Lipinski definition) is 1. The van der Waals surface area contributed by atoms with Crippen LogP contribution in [-0.4, -0.2) is 20.4 Å². The Hall–Kier alpha value is -0.970. The van der Waals surface area contributed by atoms with E-state index < -0.39 is 0 Å². The van der Waals surface area contributed by atoms with E-state index in [0.717, 1.165) is 16.6 Å². The molecule has 0 heterocycles. The van der Waals surface area contributed by atoms with Gasteiger partial charge in [0.25, 0.3) is 0 Å². The largest absolute Gasteiger partial charge is 0.497 e. The fourth-order valence-electron chi connectivity index (χ4n) is 2.28. The number of thioether (sulfide) groups is 1. The predicted octanol–water partition coefficient (Wildman–Crippen LogP) is 4.68. The van der Waals surface area contributed by atoms with E-state index in [1.165, 1.54) is 16.0 Å². The van der Waals surface area contributed by atoms with E-state index in [1.54, 1.807) is 18.9 Å². The average Bonchev–Trinajstić information content (AvgIpc) is 2.54. The number of nitrogens with one attached hydrogen (secondary N) is 1. The highest BCUT2D eigenvalue weighted by atomic mass is 79.9. The molecule has 1 unspecified atom stereocenters. The lowest BCUT2D eigenvalue weighted by Gasteiger charge is -2.18. The molecule has 0 aliphatic carbocycles. The zero-order valence-corrected chi connectivity index (χ0v) is 14.9. The molecule has 0 bridgehead atoms. The third kappa shape index (κ3) is 4.25. The van der Waals surface area contributed by atoms with Crippen molar-refractivity contribution in [2.75, 3.05) is 20.4 Å². The lowest BCUT2D eigenvalue weighted by Crippen LogP contribution is -2.19. The molecule has 112 valence electrons. The zero-order chi connectivity index (χ0) is 15.2. The summed E-state index contributed by atoms with van der Waals surface area (Å²) in [4.78, 5) is 1.29. The topological polar surface area (TPSA) is 21.3 Å². The molecular weight excluding hydrogens is 346 g/mol. The number of ether oxygens (including phenoxy) is 1. The van der Waals surface area contributed by atoms with Gasteiger partial charge in [0.05, 0.1) is 7.11 Å². The van der Waals surface area contributed by atoms with Crippen molar-refractivity contribution in [2.24, 2.45) is 0 Å². The first-order chi connectivity index (χ1) is 10.2. The zero-order valence-electron chi connectivity index (χ0n) is 12.5. The van der Waals surface area contributed by atoms with Gasteiger partial charge in [-0.15, -0.1) is 11.8 Å². The molecule has 0 fully saturated rings. The van der Waals surface area contributed by atoms with Crippen LogP contribution in [-0.2, 0) is 6.42 Å². The number of rotatable bonds is 6. The third-order valence-corrected chi connectivity index (χ3v) is 5.06. The average molecular weight is 366 g/mol. The van der Waals surface area contributed by atoms with Crippen LogP contribution < -0.4 is 10.1 Å². The van der Waals surface area contributed by atoms with Crippen LogP contribution in [0.25, 0.3) is 0 Å². The van der Waals surface area contributed by atoms with Crippen molar-refractivity contribution >= 4 is 27.7 Å². The fourth-order valence-corrected chi connectivity index (χ4v) is 3.09. The molecule has 0 saturated heterocycles. The van der Waals surface area contributed by atoms with E-state index in [1.807, 2.05) is 19.2 Å². The van der Waals surface area contributed by atoms with E-state index in [0.29, 0.717) is 0 Å². The maximum atomic E-state index is 5.32. The molecule has 0 amide bonds. The summed E-state index contributed by atoms with van der Waals surface area (Å²) in [6.45, 7) is 0. The van der Waals surface area contributed by atoms with Crippen LogP contribution >= 0.6 is 27.7 Å². The van der Waals surface area contributed by atoms with Crippen LogP contribution in [0.2, 0.25) is 0 Å². The highest BCUT2D eigenvalue weighted by molar-refractivity contribution is 9.10. The summed E-state index contributed by atoms with van der Waals surface area (Å²) in [6.07, 6.45) is 3.00. The number of hydrogen-bond acceptors (Lipinski definition) is 3. The van der Waals surface area contributed by atoms with Gasteiger partial charge in [-0.05, 0) is 61.2 Å². The molecule has 0 saturated carbocycles. The first kappa shape index (κ1) is 16.4. The molecule has 2 nitrogen and oxygen atoms in total. The van der Waals surface area contributed by atoms with Crippen LogP contribution in [0, 0.1) is 0 Å². The van der Waals surface area contributed by atoms with Crippen molar-refractivity contribution in [1.82, 2.24) is 5.32 Å². The number of benzene rings is 2. The fraction of sp³-hybridized carbons (Fsp3) is 0.294. The molecule has 0 aliphatic rings. The minimum atomic E-state index is 0.282. The van der Waals surface area contributed by atoms with Gasteiger partial charge in [0.15, 0.2) is 0 Å². The first-order valence-corrected chi connectivity index (χ1v) is 8.83. The van der Waals surface area contributed by atoms with Gasteiger partial charge >= 0.3 is 0 Å². The molecule has 21 heavy (non-hydrogen) atoms. The maximum absolute atomic E-state index is 5.32. The third-order valence-electron chi connectivity index (χ3n) is 3.54. The normalized spacial score (nSPS) is 12.2. The second-order valence-corrected chi connectivity index (χ2v) is 6.51. The number of likely N-dealkylation sites (N-methyl/N-ethyl adjacent to an activating group) is 1. The Labute approximate surface area is 139 Å². The van der Waals surface area contributed by atoms with Crippen molar-refractivity contribution in [3.05, 3.63) is 58.1 Å². The van der Waals surface area contributed by atoms with Gasteiger partial charge in [0, 0.05) is 15.4 Å². The second-order valence-electron chi connectivity index (χ2n) is 4.78. The highest BCUT2D eigenvalue weighted by Gasteiger charge is 2.13. The SMILES string of the molecule is CNC(Cc1cc(OC)ccc1Br)c1ccc(SC)cc1. The summed E-state index contributed by atoms with van der Waals surface area (Å²) in [6, 6.07) is 15.1. The van der Waals surface area contributed by atoms with E-state index in [-0.39, 0.29) is 6.04 Å². The molecule has 1 atom stereocenters. The van der Waals surface area contributed by atoms with Crippen molar-refractivity contribution in [3.63, 3.8) is 0 Å². The Balaban J connectivity index is 2.21. The smallest absolute Gasteiger partial charge is 0.119 e. The van der Waals surface area contributed by atoms with Crippen LogP contribution in [0.3, 0.4) is 0 Å². The van der Waals surface area contributed by atoms with Crippen molar-refractivity contribution < 1.29 is 4.74 Å². The molecule has 2 aromatic rings. The summed E-state index contributed by atoms with van der Waals surface area (Å²) in [5.74, 6) is 0.890.